The van der Waals surface area contributed by atoms with Gasteiger partial charge in [-0.15, -0.1) is 0 Å². The van der Waals surface area contributed by atoms with E-state index < -0.39 is 26.1 Å². The number of rotatable bonds is 6. The van der Waals surface area contributed by atoms with Crippen LogP contribution in [0.4, 0.5) is 4.79 Å². The largest absolute Gasteiger partial charge is 0.444 e. The average molecular weight is 320 g/mol. The summed E-state index contributed by atoms with van der Waals surface area (Å²) in [5, 5.41) is 12.6. The molecule has 126 valence electrons. The summed E-state index contributed by atoms with van der Waals surface area (Å²) in [6.45, 7) is 17.0. The number of amides is 1. The Hall–Kier alpha value is -0.593. The van der Waals surface area contributed by atoms with Gasteiger partial charge in [-0.05, 0) is 45.3 Å². The summed E-state index contributed by atoms with van der Waals surface area (Å²) in [7, 11) is -1.77. The Morgan fingerprint density at radius 3 is 2.14 bits per heavy atom. The second kappa shape index (κ2) is 7.60. The van der Waals surface area contributed by atoms with Gasteiger partial charge in [0.1, 0.15) is 5.60 Å². The first-order chi connectivity index (χ1) is 9.24. The number of carbonyl (C=O) groups is 1. The fourth-order valence-corrected chi connectivity index (χ4v) is 2.35. The van der Waals surface area contributed by atoms with Gasteiger partial charge in [0.15, 0.2) is 8.32 Å². The van der Waals surface area contributed by atoms with Crippen molar-refractivity contribution in [3.8, 4) is 0 Å². The predicted molar refractivity (Wildman–Crippen MR) is 88.0 cm³/mol. The third-order valence-corrected chi connectivity index (χ3v) is 8.14. The Bertz CT molecular complexity index is 332. The molecular weight excluding hydrogens is 286 g/mol. The van der Waals surface area contributed by atoms with Gasteiger partial charge in [-0.25, -0.2) is 4.79 Å². The number of nitrogens with one attached hydrogen (secondary N) is 1. The second-order valence-corrected chi connectivity index (χ2v) is 12.7. The smallest absolute Gasteiger partial charge is 0.407 e. The molecule has 0 saturated heterocycles. The summed E-state index contributed by atoms with van der Waals surface area (Å²) >= 11 is 0. The zero-order valence-corrected chi connectivity index (χ0v) is 15.9. The minimum atomic E-state index is -1.77. The standard InChI is InChI=1S/C15H33NO4Si/c1-14(2,3)20-13(18)16-11-12(17)9-10-19-21(7,8)15(4,5)6/h12,17H,9-11H2,1-8H3,(H,16,18)/t12-/m1/s1. The van der Waals surface area contributed by atoms with Crippen LogP contribution in [0.1, 0.15) is 48.0 Å². The van der Waals surface area contributed by atoms with E-state index in [0.29, 0.717) is 13.0 Å². The fraction of sp³-hybridized carbons (Fsp3) is 0.933. The molecule has 0 saturated carbocycles. The molecule has 0 aliphatic rings. The maximum Gasteiger partial charge on any atom is 0.407 e. The Morgan fingerprint density at radius 2 is 1.71 bits per heavy atom. The quantitative estimate of drug-likeness (QED) is 0.737. The number of ether oxygens (including phenoxy) is 1. The first-order valence-electron chi connectivity index (χ1n) is 7.53. The predicted octanol–water partition coefficient (Wildman–Crippen LogP) is 3.28. The number of alkyl carbamates (subject to hydrolysis) is 1. The van der Waals surface area contributed by atoms with Crippen molar-refractivity contribution in [2.75, 3.05) is 13.2 Å². The molecule has 5 nitrogen and oxygen atoms in total. The highest BCUT2D eigenvalue weighted by Crippen LogP contribution is 2.36. The van der Waals surface area contributed by atoms with Crippen LogP contribution in [0.2, 0.25) is 18.1 Å². The fourth-order valence-electron chi connectivity index (χ4n) is 1.28. The van der Waals surface area contributed by atoms with Gasteiger partial charge >= 0.3 is 6.09 Å². The zero-order chi connectivity index (χ0) is 16.9. The highest BCUT2D eigenvalue weighted by Gasteiger charge is 2.36. The summed E-state index contributed by atoms with van der Waals surface area (Å²) in [6, 6.07) is 0. The first-order valence-corrected chi connectivity index (χ1v) is 10.4. The number of carbonyl (C=O) groups excluding carboxylic acids is 1. The van der Waals surface area contributed by atoms with Crippen LogP contribution in [-0.4, -0.2) is 44.4 Å². The van der Waals surface area contributed by atoms with Gasteiger partial charge in [-0.1, -0.05) is 20.8 Å². The van der Waals surface area contributed by atoms with E-state index in [-0.39, 0.29) is 11.6 Å². The maximum absolute atomic E-state index is 11.5. The molecule has 0 aromatic carbocycles. The van der Waals surface area contributed by atoms with Gasteiger partial charge in [0.2, 0.25) is 0 Å². The van der Waals surface area contributed by atoms with Gasteiger partial charge in [0.05, 0.1) is 6.10 Å². The monoisotopic (exact) mass is 319 g/mol. The molecule has 0 aliphatic carbocycles. The molecule has 0 bridgehead atoms. The molecular formula is C15H33NO4Si. The van der Waals surface area contributed by atoms with Crippen LogP contribution in [0.5, 0.6) is 0 Å². The normalized spacial score (nSPS) is 14.7. The first kappa shape index (κ1) is 20.4. The molecule has 0 aliphatic heterocycles. The molecule has 0 fully saturated rings. The van der Waals surface area contributed by atoms with Crippen LogP contribution in [0.25, 0.3) is 0 Å². The molecule has 6 heteroatoms. The van der Waals surface area contributed by atoms with Crippen LogP contribution in [0.15, 0.2) is 0 Å². The van der Waals surface area contributed by atoms with Crippen molar-refractivity contribution in [2.24, 2.45) is 0 Å². The van der Waals surface area contributed by atoms with E-state index in [2.05, 4.69) is 39.2 Å². The van der Waals surface area contributed by atoms with Gasteiger partial charge in [0.25, 0.3) is 0 Å². The van der Waals surface area contributed by atoms with Crippen LogP contribution >= 0.6 is 0 Å². The Balaban J connectivity index is 3.97. The molecule has 21 heavy (non-hydrogen) atoms. The molecule has 0 rings (SSSR count). The van der Waals surface area contributed by atoms with Crippen molar-refractivity contribution in [1.82, 2.24) is 5.32 Å². The highest BCUT2D eigenvalue weighted by molar-refractivity contribution is 6.74. The van der Waals surface area contributed by atoms with Crippen molar-refractivity contribution in [2.45, 2.75) is 77.8 Å². The summed E-state index contributed by atoms with van der Waals surface area (Å²) in [6.07, 6.45) is -0.628. The SMILES string of the molecule is CC(C)(C)OC(=O)NC[C@H](O)CCO[Si](C)(C)C(C)(C)C. The summed E-state index contributed by atoms with van der Waals surface area (Å²) in [5.41, 5.74) is -0.527. The summed E-state index contributed by atoms with van der Waals surface area (Å²) in [5.74, 6) is 0. The lowest BCUT2D eigenvalue weighted by Gasteiger charge is -2.36. The Morgan fingerprint density at radius 1 is 1.19 bits per heavy atom. The van der Waals surface area contributed by atoms with Crippen molar-refractivity contribution >= 4 is 14.4 Å². The maximum atomic E-state index is 11.5. The van der Waals surface area contributed by atoms with Gasteiger partial charge in [-0.3, -0.25) is 0 Å². The summed E-state index contributed by atoms with van der Waals surface area (Å²) < 4.78 is 11.1. The van der Waals surface area contributed by atoms with Crippen molar-refractivity contribution in [3.63, 3.8) is 0 Å². The zero-order valence-electron chi connectivity index (χ0n) is 14.9. The number of aliphatic hydroxyl groups excluding tert-OH is 1. The lowest BCUT2D eigenvalue weighted by Crippen LogP contribution is -2.42. The highest BCUT2D eigenvalue weighted by atomic mass is 28.4. The lowest BCUT2D eigenvalue weighted by molar-refractivity contribution is 0.0480. The van der Waals surface area contributed by atoms with E-state index in [1.807, 2.05) is 0 Å². The van der Waals surface area contributed by atoms with E-state index >= 15 is 0 Å². The van der Waals surface area contributed by atoms with E-state index in [9.17, 15) is 9.90 Å². The molecule has 0 aromatic rings. The molecule has 0 spiro atoms. The van der Waals surface area contributed by atoms with E-state index in [4.69, 9.17) is 9.16 Å². The average Bonchev–Trinajstić information content (AvgIpc) is 2.22. The molecule has 0 radical (unpaired) electrons. The van der Waals surface area contributed by atoms with E-state index in [1.165, 1.54) is 0 Å². The van der Waals surface area contributed by atoms with Crippen LogP contribution in [0, 0.1) is 0 Å². The Labute approximate surface area is 130 Å². The molecule has 0 unspecified atom stereocenters. The van der Waals surface area contributed by atoms with Gasteiger partial charge in [-0.2, -0.15) is 0 Å². The molecule has 2 N–H and O–H groups in total. The van der Waals surface area contributed by atoms with E-state index in [0.717, 1.165) is 0 Å². The van der Waals surface area contributed by atoms with Gasteiger partial charge in [0, 0.05) is 13.2 Å². The summed E-state index contributed by atoms with van der Waals surface area (Å²) in [4.78, 5) is 11.5. The van der Waals surface area contributed by atoms with E-state index in [1.54, 1.807) is 20.8 Å². The lowest BCUT2D eigenvalue weighted by atomic mass is 10.2. The number of hydrogen-bond donors (Lipinski definition) is 2. The molecule has 0 aromatic heterocycles. The Kier molecular flexibility index (Phi) is 7.39. The van der Waals surface area contributed by atoms with Crippen LogP contribution in [-0.2, 0) is 9.16 Å². The molecule has 1 atom stereocenters. The second-order valence-electron chi connectivity index (χ2n) is 7.93. The van der Waals surface area contributed by atoms with Crippen LogP contribution in [0.3, 0.4) is 0 Å². The van der Waals surface area contributed by atoms with Crippen molar-refractivity contribution in [1.29, 1.82) is 0 Å². The minimum absolute atomic E-state index is 0.159. The number of aliphatic hydroxyl groups is 1. The third kappa shape index (κ3) is 9.11. The topological polar surface area (TPSA) is 67.8 Å². The van der Waals surface area contributed by atoms with Crippen LogP contribution < -0.4 is 5.32 Å². The number of hydrogen-bond acceptors (Lipinski definition) is 4. The van der Waals surface area contributed by atoms with Crippen molar-refractivity contribution < 1.29 is 19.1 Å². The molecule has 1 amide bonds. The third-order valence-electron chi connectivity index (χ3n) is 3.60. The van der Waals surface area contributed by atoms with Crippen molar-refractivity contribution in [3.05, 3.63) is 0 Å². The van der Waals surface area contributed by atoms with Gasteiger partial charge < -0.3 is 19.6 Å². The minimum Gasteiger partial charge on any atom is -0.444 e. The molecule has 0 heterocycles.